The van der Waals surface area contributed by atoms with Gasteiger partial charge in [-0.1, -0.05) is 0 Å². The third-order valence-corrected chi connectivity index (χ3v) is 10.3. The van der Waals surface area contributed by atoms with Gasteiger partial charge in [-0.15, -0.1) is 0 Å². The van der Waals surface area contributed by atoms with Gasteiger partial charge in [0.1, 0.15) is 5.82 Å². The second-order valence-corrected chi connectivity index (χ2v) is 13.1. The predicted octanol–water partition coefficient (Wildman–Crippen LogP) is 4.88. The minimum Gasteiger partial charge on any atom is -0.340 e. The van der Waals surface area contributed by atoms with Crippen LogP contribution < -0.4 is 5.32 Å². The average molecular weight is 544 g/mol. The first-order valence-corrected chi connectivity index (χ1v) is 14.8. The standard InChI is InChI=1S/C32H38FN5O2/c1-19(2)36(3)30(39)25-13-22(33)5-7-27(25)38-16-26(24-9-11-34-15-28(24)38)21-8-10-32(14-21)17-37(18-32)31(40)29-20-4-6-23(12-20)35-29/h5,7,9,11,13,15-16,19-21,23,29,35H,4,6,8,10,12,14,17-18H2,1-3H3/t20-,21?,23+,29-/m0/s1. The second kappa shape index (κ2) is 9.40. The Bertz CT molecular complexity index is 1490. The summed E-state index contributed by atoms with van der Waals surface area (Å²) in [6, 6.07) is 7.07. The van der Waals surface area contributed by atoms with Crippen LogP contribution in [0, 0.1) is 17.2 Å². The number of benzene rings is 1. The van der Waals surface area contributed by atoms with Crippen molar-refractivity contribution < 1.29 is 14.0 Å². The fourth-order valence-corrected chi connectivity index (χ4v) is 7.95. The van der Waals surface area contributed by atoms with Crippen LogP contribution >= 0.6 is 0 Å². The molecule has 1 N–H and O–H groups in total. The highest BCUT2D eigenvalue weighted by Crippen LogP contribution is 2.53. The molecular weight excluding hydrogens is 505 g/mol. The Kier molecular flexibility index (Phi) is 6.04. The summed E-state index contributed by atoms with van der Waals surface area (Å²) in [7, 11) is 1.75. The maximum Gasteiger partial charge on any atom is 0.256 e. The van der Waals surface area contributed by atoms with Crippen molar-refractivity contribution in [3.63, 3.8) is 0 Å². The Morgan fingerprint density at radius 2 is 2.00 bits per heavy atom. The van der Waals surface area contributed by atoms with E-state index in [1.165, 1.54) is 30.5 Å². The summed E-state index contributed by atoms with van der Waals surface area (Å²) in [5.41, 5.74) is 3.35. The van der Waals surface area contributed by atoms with Gasteiger partial charge in [0.15, 0.2) is 0 Å². The number of pyridine rings is 1. The molecule has 1 unspecified atom stereocenters. The predicted molar refractivity (Wildman–Crippen MR) is 152 cm³/mol. The van der Waals surface area contributed by atoms with Crippen LogP contribution in [0.1, 0.15) is 74.2 Å². The number of nitrogens with one attached hydrogen (secondary N) is 1. The number of aromatic nitrogens is 2. The van der Waals surface area contributed by atoms with Gasteiger partial charge in [0.2, 0.25) is 5.91 Å². The molecule has 4 heterocycles. The van der Waals surface area contributed by atoms with E-state index in [0.29, 0.717) is 35.0 Å². The second-order valence-electron chi connectivity index (χ2n) is 13.1. The molecule has 4 fully saturated rings. The number of piperidine rings is 1. The SMILES string of the molecule is CC(C)N(C)C(=O)c1cc(F)ccc1-n1cc(C2CCC3(C2)CN(C(=O)[C@H]2N[C@@H]4CC[C@H]2C4)C3)c2ccncc21. The van der Waals surface area contributed by atoms with Crippen LogP contribution in [-0.2, 0) is 4.79 Å². The topological polar surface area (TPSA) is 70.5 Å². The first-order valence-electron chi connectivity index (χ1n) is 14.8. The van der Waals surface area contributed by atoms with E-state index >= 15 is 0 Å². The normalized spacial score (nSPS) is 26.7. The van der Waals surface area contributed by atoms with Crippen molar-refractivity contribution in [1.82, 2.24) is 24.7 Å². The molecule has 2 aliphatic heterocycles. The molecule has 2 bridgehead atoms. The molecule has 2 amide bonds. The van der Waals surface area contributed by atoms with Gasteiger partial charge in [-0.25, -0.2) is 4.39 Å². The Morgan fingerprint density at radius 1 is 1.18 bits per heavy atom. The summed E-state index contributed by atoms with van der Waals surface area (Å²) >= 11 is 0. The van der Waals surface area contributed by atoms with Crippen LogP contribution in [0.15, 0.2) is 42.9 Å². The molecule has 2 aliphatic carbocycles. The van der Waals surface area contributed by atoms with Crippen LogP contribution in [0.25, 0.3) is 16.6 Å². The van der Waals surface area contributed by atoms with Gasteiger partial charge in [-0.05, 0) is 94.0 Å². The maximum atomic E-state index is 14.4. The van der Waals surface area contributed by atoms with E-state index in [-0.39, 0.29) is 23.4 Å². The van der Waals surface area contributed by atoms with E-state index in [1.807, 2.05) is 30.8 Å². The summed E-state index contributed by atoms with van der Waals surface area (Å²) in [5, 5.41) is 4.69. The number of nitrogens with zero attached hydrogens (tertiary/aromatic N) is 4. The molecular formula is C32H38FN5O2. The molecule has 1 aromatic carbocycles. The summed E-state index contributed by atoms with van der Waals surface area (Å²) in [6.45, 7) is 5.61. The maximum absolute atomic E-state index is 14.4. The third-order valence-electron chi connectivity index (χ3n) is 10.3. The van der Waals surface area contributed by atoms with Crippen molar-refractivity contribution in [2.24, 2.45) is 11.3 Å². The first-order chi connectivity index (χ1) is 19.2. The van der Waals surface area contributed by atoms with Crippen molar-refractivity contribution in [3.8, 4) is 5.69 Å². The average Bonchev–Trinajstić information content (AvgIpc) is 3.73. The molecule has 2 saturated heterocycles. The summed E-state index contributed by atoms with van der Waals surface area (Å²) < 4.78 is 16.4. The van der Waals surface area contributed by atoms with E-state index in [9.17, 15) is 14.0 Å². The quantitative estimate of drug-likeness (QED) is 0.498. The summed E-state index contributed by atoms with van der Waals surface area (Å²) in [6.07, 6.45) is 12.6. The van der Waals surface area contributed by atoms with Gasteiger partial charge in [0.25, 0.3) is 5.91 Å². The largest absolute Gasteiger partial charge is 0.340 e. The minimum atomic E-state index is -0.429. The van der Waals surface area contributed by atoms with Gasteiger partial charge in [-0.3, -0.25) is 14.6 Å². The van der Waals surface area contributed by atoms with Gasteiger partial charge >= 0.3 is 0 Å². The molecule has 210 valence electrons. The van der Waals surface area contributed by atoms with E-state index in [1.54, 1.807) is 18.0 Å². The lowest BCUT2D eigenvalue weighted by atomic mass is 9.76. The molecule has 7 rings (SSSR count). The lowest BCUT2D eigenvalue weighted by Crippen LogP contribution is -2.62. The Balaban J connectivity index is 1.15. The number of halogens is 1. The Hall–Kier alpha value is -3.26. The highest BCUT2D eigenvalue weighted by Gasteiger charge is 2.53. The van der Waals surface area contributed by atoms with Crippen molar-refractivity contribution >= 4 is 22.7 Å². The molecule has 2 saturated carbocycles. The third kappa shape index (κ3) is 4.06. The van der Waals surface area contributed by atoms with Crippen molar-refractivity contribution in [3.05, 3.63) is 59.8 Å². The van der Waals surface area contributed by atoms with Gasteiger partial charge in [0.05, 0.1) is 29.0 Å². The Labute approximate surface area is 234 Å². The molecule has 4 atom stereocenters. The number of rotatable bonds is 5. The minimum absolute atomic E-state index is 0.00884. The smallest absolute Gasteiger partial charge is 0.256 e. The number of fused-ring (bicyclic) bond motifs is 3. The van der Waals surface area contributed by atoms with E-state index in [4.69, 9.17) is 0 Å². The van der Waals surface area contributed by atoms with Crippen LogP contribution in [0.5, 0.6) is 0 Å². The monoisotopic (exact) mass is 543 g/mol. The lowest BCUT2D eigenvalue weighted by Gasteiger charge is -2.50. The van der Waals surface area contributed by atoms with Crippen LogP contribution in [-0.4, -0.2) is 69.4 Å². The van der Waals surface area contributed by atoms with E-state index in [0.717, 1.165) is 49.7 Å². The molecule has 2 aromatic heterocycles. The number of carbonyl (C=O) groups is 2. The van der Waals surface area contributed by atoms with Crippen molar-refractivity contribution in [2.75, 3.05) is 20.1 Å². The van der Waals surface area contributed by atoms with Crippen molar-refractivity contribution in [1.29, 1.82) is 0 Å². The van der Waals surface area contributed by atoms with Gasteiger partial charge in [0, 0.05) is 55.4 Å². The van der Waals surface area contributed by atoms with E-state index in [2.05, 4.69) is 27.5 Å². The fourth-order valence-electron chi connectivity index (χ4n) is 7.95. The van der Waals surface area contributed by atoms with Gasteiger partial charge < -0.3 is 19.7 Å². The number of carbonyl (C=O) groups excluding carboxylic acids is 2. The molecule has 8 heteroatoms. The van der Waals surface area contributed by atoms with Crippen LogP contribution in [0.3, 0.4) is 0 Å². The fraction of sp³-hybridized carbons (Fsp3) is 0.531. The zero-order valence-electron chi connectivity index (χ0n) is 23.6. The van der Waals surface area contributed by atoms with Crippen LogP contribution in [0.2, 0.25) is 0 Å². The lowest BCUT2D eigenvalue weighted by molar-refractivity contribution is -0.146. The zero-order valence-corrected chi connectivity index (χ0v) is 23.6. The van der Waals surface area contributed by atoms with Gasteiger partial charge in [-0.2, -0.15) is 0 Å². The van der Waals surface area contributed by atoms with Crippen LogP contribution in [0.4, 0.5) is 4.39 Å². The summed E-state index contributed by atoms with van der Waals surface area (Å²) in [5.74, 6) is 0.557. The summed E-state index contributed by atoms with van der Waals surface area (Å²) in [4.78, 5) is 34.7. The molecule has 3 aromatic rings. The molecule has 4 aliphatic rings. The first kappa shape index (κ1) is 25.7. The zero-order chi connectivity index (χ0) is 27.8. The molecule has 1 spiro atoms. The van der Waals surface area contributed by atoms with Crippen molar-refractivity contribution in [2.45, 2.75) is 76.4 Å². The highest BCUT2D eigenvalue weighted by molar-refractivity contribution is 5.99. The molecule has 7 nitrogen and oxygen atoms in total. The Morgan fingerprint density at radius 3 is 2.73 bits per heavy atom. The number of hydrogen-bond acceptors (Lipinski definition) is 4. The molecule has 40 heavy (non-hydrogen) atoms. The number of hydrogen-bond donors (Lipinski definition) is 1. The number of amides is 2. The van der Waals surface area contributed by atoms with E-state index < -0.39 is 5.82 Å². The molecule has 0 radical (unpaired) electrons. The highest BCUT2D eigenvalue weighted by atomic mass is 19.1. The number of likely N-dealkylation sites (tertiary alicyclic amines) is 1.